The lowest BCUT2D eigenvalue weighted by Crippen LogP contribution is -2.11. The molecule has 0 aliphatic rings. The first-order chi connectivity index (χ1) is 12.7. The zero-order chi connectivity index (χ0) is 17.9. The molecule has 4 aromatic rings. The van der Waals surface area contributed by atoms with Gasteiger partial charge in [0.25, 0.3) is 5.91 Å². The molecule has 1 heterocycles. The molecule has 0 atom stereocenters. The van der Waals surface area contributed by atoms with Crippen LogP contribution in [0.25, 0.3) is 10.9 Å². The molecule has 4 nitrogen and oxygen atoms in total. The number of hydrogen-bond acceptors (Lipinski definition) is 2. The number of hydrogen-bond donors (Lipinski definition) is 1. The van der Waals surface area contributed by atoms with Crippen LogP contribution in [-0.2, 0) is 7.05 Å². The van der Waals surface area contributed by atoms with Gasteiger partial charge in [-0.3, -0.25) is 4.79 Å². The molecule has 0 bridgehead atoms. The Kier molecular flexibility index (Phi) is 4.15. The van der Waals surface area contributed by atoms with E-state index in [0.29, 0.717) is 5.56 Å². The zero-order valence-corrected chi connectivity index (χ0v) is 14.3. The van der Waals surface area contributed by atoms with Crippen LogP contribution >= 0.6 is 0 Å². The van der Waals surface area contributed by atoms with Gasteiger partial charge >= 0.3 is 0 Å². The molecular weight excluding hydrogens is 324 g/mol. The van der Waals surface area contributed by atoms with Crippen LogP contribution in [-0.4, -0.2) is 10.5 Å². The lowest BCUT2D eigenvalue weighted by molar-refractivity contribution is 0.102. The Morgan fingerprint density at radius 2 is 1.50 bits per heavy atom. The molecule has 0 saturated heterocycles. The van der Waals surface area contributed by atoms with Gasteiger partial charge in [0, 0.05) is 29.8 Å². The number of anilines is 1. The van der Waals surface area contributed by atoms with E-state index in [9.17, 15) is 4.79 Å². The lowest BCUT2D eigenvalue weighted by atomic mass is 10.1. The number of benzene rings is 3. The van der Waals surface area contributed by atoms with Crippen molar-refractivity contribution >= 4 is 22.5 Å². The second-order valence-electron chi connectivity index (χ2n) is 6.06. The SMILES string of the molecule is Cn1cc(C(=O)Nc2ccc(Oc3ccccc3)cc2)c2ccccc21. The summed E-state index contributed by atoms with van der Waals surface area (Å²) >= 11 is 0. The number of nitrogens with zero attached hydrogens (tertiary/aromatic N) is 1. The largest absolute Gasteiger partial charge is 0.457 e. The van der Waals surface area contributed by atoms with E-state index in [1.165, 1.54) is 0 Å². The third-order valence-electron chi connectivity index (χ3n) is 4.23. The molecule has 1 aromatic heterocycles. The summed E-state index contributed by atoms with van der Waals surface area (Å²) in [6, 6.07) is 24.8. The third-order valence-corrected chi connectivity index (χ3v) is 4.23. The van der Waals surface area contributed by atoms with Crippen molar-refractivity contribution in [2.24, 2.45) is 7.05 Å². The molecule has 3 aromatic carbocycles. The summed E-state index contributed by atoms with van der Waals surface area (Å²) in [6.07, 6.45) is 1.85. The summed E-state index contributed by atoms with van der Waals surface area (Å²) in [4.78, 5) is 12.7. The van der Waals surface area contributed by atoms with Crippen LogP contribution in [0.3, 0.4) is 0 Å². The number of carbonyl (C=O) groups is 1. The topological polar surface area (TPSA) is 43.3 Å². The van der Waals surface area contributed by atoms with E-state index in [2.05, 4.69) is 5.32 Å². The maximum atomic E-state index is 12.7. The molecule has 26 heavy (non-hydrogen) atoms. The van der Waals surface area contributed by atoms with Crippen molar-refractivity contribution in [3.63, 3.8) is 0 Å². The lowest BCUT2D eigenvalue weighted by Gasteiger charge is -2.08. The highest BCUT2D eigenvalue weighted by Crippen LogP contribution is 2.24. The number of rotatable bonds is 4. The summed E-state index contributed by atoms with van der Waals surface area (Å²) < 4.78 is 7.73. The Balaban J connectivity index is 1.51. The molecule has 4 heteroatoms. The van der Waals surface area contributed by atoms with Gasteiger partial charge in [0.2, 0.25) is 0 Å². The average molecular weight is 342 g/mol. The molecular formula is C22H18N2O2. The van der Waals surface area contributed by atoms with E-state index in [4.69, 9.17) is 4.74 Å². The maximum Gasteiger partial charge on any atom is 0.257 e. The Morgan fingerprint density at radius 1 is 0.846 bits per heavy atom. The Hall–Kier alpha value is -3.53. The summed E-state index contributed by atoms with van der Waals surface area (Å²) in [7, 11) is 1.94. The first kappa shape index (κ1) is 16.0. The minimum atomic E-state index is -0.126. The van der Waals surface area contributed by atoms with Gasteiger partial charge < -0.3 is 14.6 Å². The number of amides is 1. The molecule has 4 rings (SSSR count). The fraction of sp³-hybridized carbons (Fsp3) is 0.0455. The Bertz CT molecular complexity index is 1050. The van der Waals surface area contributed by atoms with E-state index in [1.54, 1.807) is 0 Å². The van der Waals surface area contributed by atoms with Gasteiger partial charge in [-0.05, 0) is 42.5 Å². The van der Waals surface area contributed by atoms with Gasteiger partial charge in [0.05, 0.1) is 5.56 Å². The summed E-state index contributed by atoms with van der Waals surface area (Å²) in [6.45, 7) is 0. The highest BCUT2D eigenvalue weighted by Gasteiger charge is 2.13. The summed E-state index contributed by atoms with van der Waals surface area (Å²) in [5.41, 5.74) is 2.42. The summed E-state index contributed by atoms with van der Waals surface area (Å²) in [5.74, 6) is 1.37. The minimum Gasteiger partial charge on any atom is -0.457 e. The molecule has 0 unspecified atom stereocenters. The van der Waals surface area contributed by atoms with Crippen LogP contribution in [0.5, 0.6) is 11.5 Å². The highest BCUT2D eigenvalue weighted by molar-refractivity contribution is 6.12. The number of carbonyl (C=O) groups excluding carboxylic acids is 1. The molecule has 0 spiro atoms. The molecule has 1 N–H and O–H groups in total. The molecule has 0 aliphatic heterocycles. The average Bonchev–Trinajstić information content (AvgIpc) is 3.01. The molecule has 0 aliphatic carbocycles. The molecule has 0 fully saturated rings. The predicted molar refractivity (Wildman–Crippen MR) is 104 cm³/mol. The highest BCUT2D eigenvalue weighted by atomic mass is 16.5. The van der Waals surface area contributed by atoms with Gasteiger partial charge in [0.15, 0.2) is 0 Å². The van der Waals surface area contributed by atoms with E-state index < -0.39 is 0 Å². The standard InChI is InChI=1S/C22H18N2O2/c1-24-15-20(19-9-5-6-10-21(19)24)22(25)23-16-11-13-18(14-12-16)26-17-7-3-2-4-8-17/h2-15H,1H3,(H,23,25). The van der Waals surface area contributed by atoms with Crippen molar-refractivity contribution in [2.45, 2.75) is 0 Å². The van der Waals surface area contributed by atoms with Gasteiger partial charge in [-0.15, -0.1) is 0 Å². The van der Waals surface area contributed by atoms with Crippen molar-refractivity contribution in [1.29, 1.82) is 0 Å². The number of nitrogens with one attached hydrogen (secondary N) is 1. The monoisotopic (exact) mass is 342 g/mol. The fourth-order valence-electron chi connectivity index (χ4n) is 2.95. The maximum absolute atomic E-state index is 12.7. The molecule has 0 saturated carbocycles. The van der Waals surface area contributed by atoms with Crippen LogP contribution < -0.4 is 10.1 Å². The number of aryl methyl sites for hydroxylation is 1. The van der Waals surface area contributed by atoms with Crippen molar-refractivity contribution < 1.29 is 9.53 Å². The third kappa shape index (κ3) is 3.17. The van der Waals surface area contributed by atoms with Crippen LogP contribution in [0.1, 0.15) is 10.4 Å². The van der Waals surface area contributed by atoms with E-state index >= 15 is 0 Å². The fourth-order valence-corrected chi connectivity index (χ4v) is 2.95. The second kappa shape index (κ2) is 6.76. The van der Waals surface area contributed by atoms with Crippen molar-refractivity contribution in [3.8, 4) is 11.5 Å². The molecule has 1 amide bonds. The van der Waals surface area contributed by atoms with E-state index in [0.717, 1.165) is 28.1 Å². The number of fused-ring (bicyclic) bond motifs is 1. The second-order valence-corrected chi connectivity index (χ2v) is 6.06. The first-order valence-electron chi connectivity index (χ1n) is 8.39. The molecule has 0 radical (unpaired) electrons. The van der Waals surface area contributed by atoms with Crippen molar-refractivity contribution in [3.05, 3.63) is 90.6 Å². The molecule has 128 valence electrons. The Morgan fingerprint density at radius 3 is 2.27 bits per heavy atom. The van der Waals surface area contributed by atoms with Gasteiger partial charge in [0.1, 0.15) is 11.5 Å². The number of ether oxygens (including phenoxy) is 1. The smallest absolute Gasteiger partial charge is 0.257 e. The van der Waals surface area contributed by atoms with Crippen molar-refractivity contribution in [2.75, 3.05) is 5.32 Å². The van der Waals surface area contributed by atoms with Gasteiger partial charge in [-0.2, -0.15) is 0 Å². The minimum absolute atomic E-state index is 0.126. The number of aromatic nitrogens is 1. The first-order valence-corrected chi connectivity index (χ1v) is 8.39. The van der Waals surface area contributed by atoms with Crippen LogP contribution in [0, 0.1) is 0 Å². The van der Waals surface area contributed by atoms with E-state index in [-0.39, 0.29) is 5.91 Å². The van der Waals surface area contributed by atoms with Gasteiger partial charge in [-0.25, -0.2) is 0 Å². The van der Waals surface area contributed by atoms with E-state index in [1.807, 2.05) is 96.7 Å². The quantitative estimate of drug-likeness (QED) is 0.552. The van der Waals surface area contributed by atoms with Crippen LogP contribution in [0.4, 0.5) is 5.69 Å². The van der Waals surface area contributed by atoms with Crippen LogP contribution in [0.2, 0.25) is 0 Å². The summed E-state index contributed by atoms with van der Waals surface area (Å²) in [5, 5.41) is 3.89. The number of para-hydroxylation sites is 2. The normalized spacial score (nSPS) is 10.7. The Labute approximate surface area is 151 Å². The van der Waals surface area contributed by atoms with Crippen molar-refractivity contribution in [1.82, 2.24) is 4.57 Å². The zero-order valence-electron chi connectivity index (χ0n) is 14.3. The van der Waals surface area contributed by atoms with Crippen LogP contribution in [0.15, 0.2) is 85.1 Å². The predicted octanol–water partition coefficient (Wildman–Crippen LogP) is 5.22. The van der Waals surface area contributed by atoms with Gasteiger partial charge in [-0.1, -0.05) is 36.4 Å².